The molecule has 198 valence electrons. The molecule has 37 heavy (non-hydrogen) atoms. The van der Waals surface area contributed by atoms with E-state index in [0.717, 1.165) is 10.8 Å². The fraction of sp³-hybridized carbons (Fsp3) is 0.400. The van der Waals surface area contributed by atoms with Gasteiger partial charge in [-0.2, -0.15) is 0 Å². The summed E-state index contributed by atoms with van der Waals surface area (Å²) in [5.74, 6) is 1.95. The number of aromatic nitrogens is 2. The lowest BCUT2D eigenvalue weighted by molar-refractivity contribution is -0.119. The lowest BCUT2D eigenvalue weighted by Gasteiger charge is -2.21. The molecule has 3 N–H and O–H groups in total. The van der Waals surface area contributed by atoms with Crippen molar-refractivity contribution in [2.45, 2.75) is 19.0 Å². The van der Waals surface area contributed by atoms with Gasteiger partial charge < -0.3 is 34.9 Å². The van der Waals surface area contributed by atoms with Crippen molar-refractivity contribution in [3.63, 3.8) is 0 Å². The second-order valence-corrected chi connectivity index (χ2v) is 9.20. The second-order valence-electron chi connectivity index (χ2n) is 8.45. The first-order chi connectivity index (χ1) is 17.9. The average molecular weight is 550 g/mol. The van der Waals surface area contributed by atoms with Crippen LogP contribution in [0.4, 0.5) is 11.6 Å². The highest BCUT2D eigenvalue weighted by atomic mass is 35.5. The van der Waals surface area contributed by atoms with E-state index in [4.69, 9.17) is 47.1 Å². The molecule has 0 aliphatic carbocycles. The van der Waals surface area contributed by atoms with Gasteiger partial charge in [-0.05, 0) is 12.1 Å². The summed E-state index contributed by atoms with van der Waals surface area (Å²) in [7, 11) is 4.68. The van der Waals surface area contributed by atoms with Gasteiger partial charge in [0.25, 0.3) is 0 Å². The number of carbonyl (C=O) groups is 1. The van der Waals surface area contributed by atoms with Gasteiger partial charge in [0.15, 0.2) is 0 Å². The van der Waals surface area contributed by atoms with E-state index in [1.54, 1.807) is 19.4 Å². The smallest absolute Gasteiger partial charge is 0.217 e. The number of rotatable bonds is 10. The zero-order valence-electron chi connectivity index (χ0n) is 21.0. The number of methoxy groups -OCH3 is 3. The lowest BCUT2D eigenvalue weighted by atomic mass is 10.1. The zero-order valence-corrected chi connectivity index (χ0v) is 22.5. The van der Waals surface area contributed by atoms with Gasteiger partial charge in [-0.25, -0.2) is 9.97 Å². The van der Waals surface area contributed by atoms with Crippen LogP contribution in [-0.2, 0) is 14.3 Å². The lowest BCUT2D eigenvalue weighted by Crippen LogP contribution is -2.45. The molecule has 1 amide bonds. The van der Waals surface area contributed by atoms with Crippen LogP contribution in [0.2, 0.25) is 10.0 Å². The van der Waals surface area contributed by atoms with Crippen LogP contribution in [0.25, 0.3) is 22.0 Å². The summed E-state index contributed by atoms with van der Waals surface area (Å²) in [6, 6.07) is 5.13. The van der Waals surface area contributed by atoms with Crippen molar-refractivity contribution in [2.24, 2.45) is 0 Å². The number of fused-ring (bicyclic) bond motifs is 1. The molecule has 1 saturated heterocycles. The van der Waals surface area contributed by atoms with E-state index in [1.165, 1.54) is 21.1 Å². The third-order valence-corrected chi connectivity index (χ3v) is 6.70. The Bertz CT molecular complexity index is 1260. The maximum Gasteiger partial charge on any atom is 0.217 e. The molecule has 2 atom stereocenters. The Kier molecular flexibility index (Phi) is 8.75. The summed E-state index contributed by atoms with van der Waals surface area (Å²) in [5.41, 5.74) is 1.01. The number of halogens is 2. The summed E-state index contributed by atoms with van der Waals surface area (Å²) >= 11 is 13.3. The fourth-order valence-corrected chi connectivity index (χ4v) is 4.85. The van der Waals surface area contributed by atoms with Crippen LogP contribution in [-0.4, -0.2) is 75.7 Å². The van der Waals surface area contributed by atoms with Gasteiger partial charge in [0.1, 0.15) is 23.1 Å². The first-order valence-electron chi connectivity index (χ1n) is 11.6. The Morgan fingerprint density at radius 2 is 1.78 bits per heavy atom. The Morgan fingerprint density at radius 1 is 1.08 bits per heavy atom. The predicted octanol–water partition coefficient (Wildman–Crippen LogP) is 3.99. The number of carbonyl (C=O) groups excluding carboxylic acids is 1. The van der Waals surface area contributed by atoms with Crippen molar-refractivity contribution < 1.29 is 23.7 Å². The second kappa shape index (κ2) is 12.0. The van der Waals surface area contributed by atoms with Gasteiger partial charge in [0.2, 0.25) is 5.91 Å². The number of hydrogen-bond donors (Lipinski definition) is 3. The van der Waals surface area contributed by atoms with Crippen molar-refractivity contribution in [1.29, 1.82) is 0 Å². The highest BCUT2D eigenvalue weighted by Crippen LogP contribution is 2.46. The van der Waals surface area contributed by atoms with Crippen LogP contribution < -0.4 is 25.4 Å². The van der Waals surface area contributed by atoms with Crippen LogP contribution >= 0.6 is 23.2 Å². The minimum absolute atomic E-state index is 0.110. The molecule has 0 radical (unpaired) electrons. The average Bonchev–Trinajstić information content (AvgIpc) is 3.30. The Morgan fingerprint density at radius 3 is 2.43 bits per heavy atom. The summed E-state index contributed by atoms with van der Waals surface area (Å²) in [6.07, 6.45) is 1.74. The predicted molar refractivity (Wildman–Crippen MR) is 144 cm³/mol. The van der Waals surface area contributed by atoms with Crippen molar-refractivity contribution >= 4 is 51.5 Å². The van der Waals surface area contributed by atoms with Crippen LogP contribution in [0.3, 0.4) is 0 Å². The largest absolute Gasteiger partial charge is 0.495 e. The number of nitrogens with zero attached hydrogens (tertiary/aromatic N) is 2. The van der Waals surface area contributed by atoms with Gasteiger partial charge in [-0.15, -0.1) is 0 Å². The molecule has 3 aromatic rings. The maximum atomic E-state index is 11.5. The van der Waals surface area contributed by atoms with Crippen LogP contribution in [0.5, 0.6) is 11.5 Å². The first kappa shape index (κ1) is 27.0. The van der Waals surface area contributed by atoms with Crippen molar-refractivity contribution in [2.75, 3.05) is 58.3 Å². The molecule has 1 aliphatic heterocycles. The molecule has 0 saturated carbocycles. The third-order valence-electron chi connectivity index (χ3n) is 5.95. The number of benzene rings is 1. The summed E-state index contributed by atoms with van der Waals surface area (Å²) < 4.78 is 21.6. The van der Waals surface area contributed by atoms with Crippen molar-refractivity contribution in [3.8, 4) is 22.8 Å². The molecular weight excluding hydrogens is 521 g/mol. The number of nitrogens with one attached hydrogen (secondary N) is 3. The van der Waals surface area contributed by atoms with Crippen LogP contribution in [0.1, 0.15) is 6.92 Å². The van der Waals surface area contributed by atoms with E-state index in [1.807, 2.05) is 12.1 Å². The SMILES string of the molecule is COCCNc1nc(-c2c(Cl)c(OC)cc(OC)c2Cl)cc2cnc(N[C@@H]3COC[C@@H]3NC(C)=O)cc12. The minimum Gasteiger partial charge on any atom is -0.495 e. The first-order valence-corrected chi connectivity index (χ1v) is 12.4. The highest BCUT2D eigenvalue weighted by molar-refractivity contribution is 6.41. The fourth-order valence-electron chi connectivity index (χ4n) is 4.16. The zero-order chi connectivity index (χ0) is 26.5. The maximum absolute atomic E-state index is 11.5. The summed E-state index contributed by atoms with van der Waals surface area (Å²) in [5, 5.41) is 11.9. The quantitative estimate of drug-likeness (QED) is 0.322. The Hall–Kier alpha value is -3.05. The van der Waals surface area contributed by atoms with Gasteiger partial charge >= 0.3 is 0 Å². The molecule has 1 fully saturated rings. The van der Waals surface area contributed by atoms with E-state index in [0.29, 0.717) is 70.8 Å². The molecule has 0 spiro atoms. The number of pyridine rings is 2. The molecule has 3 heterocycles. The third kappa shape index (κ3) is 5.93. The number of anilines is 2. The summed E-state index contributed by atoms with van der Waals surface area (Å²) in [4.78, 5) is 21.0. The van der Waals surface area contributed by atoms with E-state index < -0.39 is 0 Å². The molecule has 4 rings (SSSR count). The molecular formula is C25H29Cl2N5O5. The number of hydrogen-bond acceptors (Lipinski definition) is 9. The van der Waals surface area contributed by atoms with Gasteiger partial charge in [0, 0.05) is 49.2 Å². The van der Waals surface area contributed by atoms with Crippen LogP contribution in [0, 0.1) is 0 Å². The van der Waals surface area contributed by atoms with E-state index in [-0.39, 0.29) is 18.0 Å². The van der Waals surface area contributed by atoms with E-state index in [9.17, 15) is 4.79 Å². The molecule has 12 heteroatoms. The minimum atomic E-state index is -0.151. The molecule has 0 unspecified atom stereocenters. The monoisotopic (exact) mass is 549 g/mol. The van der Waals surface area contributed by atoms with Crippen molar-refractivity contribution in [3.05, 3.63) is 34.4 Å². The Labute approximate surface area is 224 Å². The topological polar surface area (TPSA) is 116 Å². The molecule has 2 aromatic heterocycles. The molecule has 1 aliphatic rings. The van der Waals surface area contributed by atoms with Crippen LogP contribution in [0.15, 0.2) is 24.4 Å². The molecule has 1 aromatic carbocycles. The number of ether oxygens (including phenoxy) is 4. The highest BCUT2D eigenvalue weighted by Gasteiger charge is 2.29. The van der Waals surface area contributed by atoms with Crippen molar-refractivity contribution in [1.82, 2.24) is 15.3 Å². The standard InChI is InChI=1S/C25H29Cl2N5O5/c1-13(33)30-17-11-37-12-18(17)31-21-8-15-14(10-29-21)7-16(32-25(15)28-5-6-34-2)22-23(26)19(35-3)9-20(36-4)24(22)27/h7-10,17-18H,5-6,11-12H2,1-4H3,(H,28,32)(H,29,31)(H,30,33)/t17-,18+/m0/s1. The molecule has 10 nitrogen and oxygen atoms in total. The Balaban J connectivity index is 1.77. The number of amides is 1. The van der Waals surface area contributed by atoms with Gasteiger partial charge in [-0.3, -0.25) is 4.79 Å². The van der Waals surface area contributed by atoms with Gasteiger partial charge in [0.05, 0.1) is 61.9 Å². The van der Waals surface area contributed by atoms with E-state index >= 15 is 0 Å². The van der Waals surface area contributed by atoms with Gasteiger partial charge in [-0.1, -0.05) is 23.2 Å². The normalized spacial score (nSPS) is 17.0. The summed E-state index contributed by atoms with van der Waals surface area (Å²) in [6.45, 7) is 3.38. The molecule has 0 bridgehead atoms. The van der Waals surface area contributed by atoms with E-state index in [2.05, 4.69) is 20.9 Å².